The Bertz CT molecular complexity index is 1220. The summed E-state index contributed by atoms with van der Waals surface area (Å²) in [5.74, 6) is -0.899. The van der Waals surface area contributed by atoms with E-state index in [1.165, 1.54) is 19.1 Å². The summed E-state index contributed by atoms with van der Waals surface area (Å²) in [5.41, 5.74) is 4.36. The first-order valence-corrected chi connectivity index (χ1v) is 7.75. The molecule has 0 saturated carbocycles. The number of rotatable bonds is 3. The highest BCUT2D eigenvalue weighted by Gasteiger charge is 2.18. The lowest BCUT2D eigenvalue weighted by atomic mass is 10.1. The first-order chi connectivity index (χ1) is 12.4. The maximum absolute atomic E-state index is 12.5. The number of aliphatic hydroxyl groups is 1. The van der Waals surface area contributed by atoms with Crippen LogP contribution in [0.15, 0.2) is 21.7 Å². The minimum Gasteiger partial charge on any atom is -0.515 e. The topological polar surface area (TPSA) is 158 Å². The lowest BCUT2D eigenvalue weighted by molar-refractivity contribution is 0.0956. The number of nitrogens with zero attached hydrogens (tertiary/aromatic N) is 1. The SMILES string of the molecule is Cc1c(O)c(=CO)c2nc3c(=O)ccc(C(=O)NCCN)c3[nH]c2c1=O. The molecule has 1 amide bonds. The number of aliphatic hydroxyl groups excluding tert-OH is 1. The standard InChI is InChI=1S/C17H16N4O5/c1-7-15(24)9(6-22)12-14(16(7)25)21-11-8(17(26)19-5-4-18)2-3-10(23)13(11)20-12/h2-3,6,21-22,24H,4-5,18H2,1H3,(H,19,26). The number of aromatic hydroxyl groups is 1. The number of benzene rings is 2. The second kappa shape index (κ2) is 6.45. The Morgan fingerprint density at radius 2 is 2.04 bits per heavy atom. The Kier molecular flexibility index (Phi) is 4.31. The van der Waals surface area contributed by atoms with E-state index < -0.39 is 22.5 Å². The van der Waals surface area contributed by atoms with Gasteiger partial charge in [0.1, 0.15) is 22.3 Å². The van der Waals surface area contributed by atoms with Gasteiger partial charge >= 0.3 is 0 Å². The molecular weight excluding hydrogens is 340 g/mol. The van der Waals surface area contributed by atoms with Crippen molar-refractivity contribution in [3.63, 3.8) is 0 Å². The molecule has 0 bridgehead atoms. The number of amides is 1. The number of phenols is 1. The molecule has 0 spiro atoms. The van der Waals surface area contributed by atoms with Gasteiger partial charge in [-0.15, -0.1) is 0 Å². The number of carbonyl (C=O) groups excluding carboxylic acids is 1. The van der Waals surface area contributed by atoms with Gasteiger partial charge < -0.3 is 26.2 Å². The normalized spacial score (nSPS) is 12.0. The predicted octanol–water partition coefficient (Wildman–Crippen LogP) is -0.846. The molecule has 26 heavy (non-hydrogen) atoms. The van der Waals surface area contributed by atoms with Crippen LogP contribution in [0.2, 0.25) is 0 Å². The van der Waals surface area contributed by atoms with E-state index in [0.717, 1.165) is 0 Å². The summed E-state index contributed by atoms with van der Waals surface area (Å²) in [7, 11) is 0. The molecule has 134 valence electrons. The summed E-state index contributed by atoms with van der Waals surface area (Å²) in [6.07, 6.45) is 0.610. The van der Waals surface area contributed by atoms with Crippen molar-refractivity contribution in [3.05, 3.63) is 48.9 Å². The zero-order chi connectivity index (χ0) is 19.0. The maximum atomic E-state index is 12.5. The Morgan fingerprint density at radius 1 is 1.31 bits per heavy atom. The van der Waals surface area contributed by atoms with E-state index >= 15 is 0 Å². The number of aromatic nitrogens is 2. The largest absolute Gasteiger partial charge is 0.515 e. The number of hydrogen-bond acceptors (Lipinski definition) is 7. The van der Waals surface area contributed by atoms with Crippen LogP contribution < -0.4 is 27.1 Å². The molecule has 1 heterocycles. The van der Waals surface area contributed by atoms with Crippen LogP contribution in [0.1, 0.15) is 15.9 Å². The van der Waals surface area contributed by atoms with Crippen LogP contribution in [0.4, 0.5) is 0 Å². The Balaban J connectivity index is 2.48. The molecule has 0 atom stereocenters. The van der Waals surface area contributed by atoms with E-state index in [9.17, 15) is 24.6 Å². The average Bonchev–Trinajstić information content (AvgIpc) is 2.64. The molecule has 0 aliphatic rings. The minimum absolute atomic E-state index is 0.00242. The predicted molar refractivity (Wildman–Crippen MR) is 96.2 cm³/mol. The minimum atomic E-state index is -0.554. The van der Waals surface area contributed by atoms with E-state index in [-0.39, 0.29) is 51.5 Å². The van der Waals surface area contributed by atoms with Gasteiger partial charge in [0.15, 0.2) is 0 Å². The molecule has 6 N–H and O–H groups in total. The molecule has 9 nitrogen and oxygen atoms in total. The first kappa shape index (κ1) is 17.4. The molecule has 2 aromatic carbocycles. The van der Waals surface area contributed by atoms with Gasteiger partial charge in [0.05, 0.1) is 22.6 Å². The fourth-order valence-corrected chi connectivity index (χ4v) is 2.72. The van der Waals surface area contributed by atoms with Crippen molar-refractivity contribution in [3.8, 4) is 5.75 Å². The highest BCUT2D eigenvalue weighted by atomic mass is 16.3. The van der Waals surface area contributed by atoms with Crippen molar-refractivity contribution in [1.82, 2.24) is 15.3 Å². The average molecular weight is 356 g/mol. The van der Waals surface area contributed by atoms with E-state index in [1.54, 1.807) is 0 Å². The van der Waals surface area contributed by atoms with Gasteiger partial charge in [-0.05, 0) is 19.1 Å². The van der Waals surface area contributed by atoms with Crippen LogP contribution in [0.25, 0.3) is 28.3 Å². The van der Waals surface area contributed by atoms with Crippen LogP contribution in [-0.2, 0) is 0 Å². The lowest BCUT2D eigenvalue weighted by Crippen LogP contribution is -2.30. The van der Waals surface area contributed by atoms with Gasteiger partial charge in [0.2, 0.25) is 10.9 Å². The third-order valence-corrected chi connectivity index (χ3v) is 4.09. The Hall–Kier alpha value is -3.46. The number of H-pyrrole nitrogens is 1. The molecule has 0 radical (unpaired) electrons. The van der Waals surface area contributed by atoms with Gasteiger partial charge in [-0.3, -0.25) is 14.4 Å². The molecular formula is C17H16N4O5. The summed E-state index contributed by atoms with van der Waals surface area (Å²) in [6.45, 7) is 1.87. The summed E-state index contributed by atoms with van der Waals surface area (Å²) in [6, 6.07) is 2.51. The summed E-state index contributed by atoms with van der Waals surface area (Å²) in [4.78, 5) is 43.9. The van der Waals surface area contributed by atoms with Gasteiger partial charge in [-0.1, -0.05) is 0 Å². The smallest absolute Gasteiger partial charge is 0.253 e. The highest BCUT2D eigenvalue weighted by molar-refractivity contribution is 6.06. The number of aromatic amines is 1. The number of nitrogens with one attached hydrogen (secondary N) is 2. The monoisotopic (exact) mass is 356 g/mol. The van der Waals surface area contributed by atoms with Crippen molar-refractivity contribution in [2.45, 2.75) is 6.92 Å². The van der Waals surface area contributed by atoms with Crippen molar-refractivity contribution in [2.24, 2.45) is 5.73 Å². The van der Waals surface area contributed by atoms with Crippen molar-refractivity contribution in [1.29, 1.82) is 0 Å². The quantitative estimate of drug-likeness (QED) is 0.382. The molecule has 1 aromatic heterocycles. The van der Waals surface area contributed by atoms with E-state index in [4.69, 9.17) is 5.73 Å². The molecule has 0 fully saturated rings. The molecule has 0 aliphatic heterocycles. The molecule has 3 aromatic rings. The third-order valence-electron chi connectivity index (χ3n) is 4.09. The van der Waals surface area contributed by atoms with Crippen LogP contribution in [0.5, 0.6) is 5.75 Å². The highest BCUT2D eigenvalue weighted by Crippen LogP contribution is 2.17. The van der Waals surface area contributed by atoms with Crippen LogP contribution >= 0.6 is 0 Å². The molecule has 3 rings (SSSR count). The molecule has 0 unspecified atom stereocenters. The van der Waals surface area contributed by atoms with Crippen LogP contribution in [0.3, 0.4) is 0 Å². The zero-order valence-corrected chi connectivity index (χ0v) is 13.8. The number of hydrogen-bond donors (Lipinski definition) is 5. The maximum Gasteiger partial charge on any atom is 0.253 e. The van der Waals surface area contributed by atoms with E-state index in [0.29, 0.717) is 6.26 Å². The summed E-state index contributed by atoms with van der Waals surface area (Å²) < 4.78 is 0. The van der Waals surface area contributed by atoms with Gasteiger partial charge in [0, 0.05) is 18.7 Å². The number of phenolic OH excluding ortho intramolecular Hbond substituents is 1. The van der Waals surface area contributed by atoms with Gasteiger partial charge in [-0.25, -0.2) is 4.98 Å². The molecule has 0 saturated heterocycles. The van der Waals surface area contributed by atoms with Crippen molar-refractivity contribution < 1.29 is 15.0 Å². The number of nitrogens with two attached hydrogens (primary N) is 1. The summed E-state index contributed by atoms with van der Waals surface area (Å²) >= 11 is 0. The van der Waals surface area contributed by atoms with Crippen LogP contribution in [0, 0.1) is 6.92 Å². The fourth-order valence-electron chi connectivity index (χ4n) is 2.72. The van der Waals surface area contributed by atoms with E-state index in [1.807, 2.05) is 0 Å². The fraction of sp³-hybridized carbons (Fsp3) is 0.176. The molecule has 0 aliphatic carbocycles. The Morgan fingerprint density at radius 3 is 2.69 bits per heavy atom. The van der Waals surface area contributed by atoms with Crippen LogP contribution in [-0.4, -0.2) is 39.2 Å². The number of carbonyl (C=O) groups is 1. The van der Waals surface area contributed by atoms with Crippen molar-refractivity contribution in [2.75, 3.05) is 13.1 Å². The second-order valence-electron chi connectivity index (χ2n) is 5.69. The molecule has 9 heteroatoms. The first-order valence-electron chi connectivity index (χ1n) is 7.75. The van der Waals surface area contributed by atoms with Crippen molar-refractivity contribution >= 4 is 34.2 Å². The third kappa shape index (κ3) is 2.54. The second-order valence-corrected chi connectivity index (χ2v) is 5.69. The van der Waals surface area contributed by atoms with Gasteiger partial charge in [0.25, 0.3) is 5.91 Å². The zero-order valence-electron chi connectivity index (χ0n) is 13.8. The summed E-state index contributed by atoms with van der Waals surface area (Å²) in [5, 5.41) is 22.0. The Labute approximate surface area is 145 Å². The number of fused-ring (bicyclic) bond motifs is 2. The lowest BCUT2D eigenvalue weighted by Gasteiger charge is -2.09. The van der Waals surface area contributed by atoms with E-state index in [2.05, 4.69) is 15.3 Å². The van der Waals surface area contributed by atoms with Gasteiger partial charge in [-0.2, -0.15) is 0 Å².